The van der Waals surface area contributed by atoms with Gasteiger partial charge < -0.3 is 9.15 Å². The normalized spacial score (nSPS) is 11.5. The molecule has 0 atom stereocenters. The lowest BCUT2D eigenvalue weighted by molar-refractivity contribution is -0.141. The van der Waals surface area contributed by atoms with E-state index in [1.807, 2.05) is 0 Å². The molecule has 0 aliphatic heterocycles. The van der Waals surface area contributed by atoms with E-state index in [1.165, 1.54) is 19.1 Å². The first kappa shape index (κ1) is 15.4. The smallest absolute Gasteiger partial charge is 0.437 e. The number of aromatic nitrogens is 1. The van der Waals surface area contributed by atoms with Crippen molar-refractivity contribution in [2.45, 2.75) is 13.1 Å². The predicted octanol–water partition coefficient (Wildman–Crippen LogP) is 4.19. The number of benzene rings is 1. The van der Waals surface area contributed by atoms with E-state index in [0.29, 0.717) is 0 Å². The zero-order chi connectivity index (χ0) is 15.6. The highest BCUT2D eigenvalue weighted by atomic mass is 35.5. The fraction of sp³-hybridized carbons (Fsp3) is 0.231. The molecule has 0 aliphatic carbocycles. The molecule has 0 N–H and O–H groups in total. The third kappa shape index (κ3) is 3.18. The highest BCUT2D eigenvalue weighted by Crippen LogP contribution is 2.36. The van der Waals surface area contributed by atoms with Crippen molar-refractivity contribution >= 4 is 17.6 Å². The van der Waals surface area contributed by atoms with Crippen LogP contribution in [0.15, 0.2) is 28.7 Å². The van der Waals surface area contributed by atoms with E-state index >= 15 is 0 Å². The van der Waals surface area contributed by atoms with Gasteiger partial charge in [-0.1, -0.05) is 23.7 Å². The second-order valence-electron chi connectivity index (χ2n) is 3.89. The van der Waals surface area contributed by atoms with E-state index in [1.54, 1.807) is 12.1 Å². The number of rotatable bonds is 3. The molecule has 0 aliphatic rings. The molecule has 4 nitrogen and oxygen atoms in total. The fourth-order valence-electron chi connectivity index (χ4n) is 1.60. The maximum atomic E-state index is 12.9. The molecule has 0 bridgehead atoms. The van der Waals surface area contributed by atoms with Gasteiger partial charge in [-0.3, -0.25) is 0 Å². The summed E-state index contributed by atoms with van der Waals surface area (Å²) in [7, 11) is 0. The van der Waals surface area contributed by atoms with Crippen LogP contribution in [-0.2, 0) is 10.9 Å². The molecular formula is C13H9ClF3NO3. The van der Waals surface area contributed by atoms with Gasteiger partial charge in [0.15, 0.2) is 5.69 Å². The first-order chi connectivity index (χ1) is 9.84. The lowest BCUT2D eigenvalue weighted by Gasteiger charge is -2.03. The van der Waals surface area contributed by atoms with Gasteiger partial charge >= 0.3 is 12.1 Å². The van der Waals surface area contributed by atoms with Crippen molar-refractivity contribution in [1.29, 1.82) is 0 Å². The highest BCUT2D eigenvalue weighted by Gasteiger charge is 2.42. The Kier molecular flexibility index (Phi) is 4.22. The minimum absolute atomic E-state index is 0.0851. The summed E-state index contributed by atoms with van der Waals surface area (Å²) in [6.45, 7) is 1.38. The summed E-state index contributed by atoms with van der Waals surface area (Å²) in [6, 6.07) is 6.07. The number of oxazole rings is 1. The Labute approximate surface area is 122 Å². The number of esters is 1. The molecule has 0 radical (unpaired) electrons. The summed E-state index contributed by atoms with van der Waals surface area (Å²) in [6.07, 6.45) is -4.84. The summed E-state index contributed by atoms with van der Waals surface area (Å²) in [5.41, 5.74) is -1.28. The van der Waals surface area contributed by atoms with Gasteiger partial charge in [-0.15, -0.1) is 0 Å². The van der Waals surface area contributed by atoms with Crippen LogP contribution < -0.4 is 0 Å². The molecule has 0 amide bonds. The van der Waals surface area contributed by atoms with E-state index < -0.39 is 29.5 Å². The Morgan fingerprint density at radius 3 is 2.62 bits per heavy atom. The Hall–Kier alpha value is -2.02. The summed E-state index contributed by atoms with van der Waals surface area (Å²) in [4.78, 5) is 14.9. The number of hydrogen-bond donors (Lipinski definition) is 0. The van der Waals surface area contributed by atoms with Crippen LogP contribution in [0.5, 0.6) is 0 Å². The van der Waals surface area contributed by atoms with Crippen molar-refractivity contribution in [1.82, 2.24) is 4.98 Å². The number of nitrogens with zero attached hydrogens (tertiary/aromatic N) is 1. The van der Waals surface area contributed by atoms with Crippen LogP contribution >= 0.6 is 11.6 Å². The molecule has 0 fully saturated rings. The van der Waals surface area contributed by atoms with E-state index in [9.17, 15) is 18.0 Å². The van der Waals surface area contributed by atoms with Gasteiger partial charge in [0, 0.05) is 0 Å². The third-order valence-electron chi connectivity index (χ3n) is 2.46. The molecule has 21 heavy (non-hydrogen) atoms. The lowest BCUT2D eigenvalue weighted by atomic mass is 10.2. The molecule has 1 heterocycles. The first-order valence-corrected chi connectivity index (χ1v) is 6.22. The quantitative estimate of drug-likeness (QED) is 0.796. The molecule has 0 saturated carbocycles. The second-order valence-corrected chi connectivity index (χ2v) is 4.30. The van der Waals surface area contributed by atoms with Crippen LogP contribution in [0.3, 0.4) is 0 Å². The average molecular weight is 320 g/mol. The SMILES string of the molecule is CCOC(=O)c1oc(-c2ccccc2Cl)nc1C(F)(F)F. The van der Waals surface area contributed by atoms with Crippen LogP contribution in [0.1, 0.15) is 23.2 Å². The number of halogens is 4. The van der Waals surface area contributed by atoms with E-state index in [-0.39, 0.29) is 17.2 Å². The molecule has 8 heteroatoms. The second kappa shape index (κ2) is 5.77. The van der Waals surface area contributed by atoms with Gasteiger partial charge in [-0.05, 0) is 19.1 Å². The van der Waals surface area contributed by atoms with Gasteiger partial charge in [0.25, 0.3) is 0 Å². The predicted molar refractivity (Wildman–Crippen MR) is 67.9 cm³/mol. The number of carbonyl (C=O) groups excluding carboxylic acids is 1. The van der Waals surface area contributed by atoms with Crippen LogP contribution in [0.4, 0.5) is 13.2 Å². The molecule has 2 rings (SSSR count). The van der Waals surface area contributed by atoms with Crippen LogP contribution in [-0.4, -0.2) is 17.6 Å². The summed E-state index contributed by atoms with van der Waals surface area (Å²) in [5.74, 6) is -2.61. The monoisotopic (exact) mass is 319 g/mol. The number of carbonyl (C=O) groups is 1. The zero-order valence-corrected chi connectivity index (χ0v) is 11.5. The van der Waals surface area contributed by atoms with Gasteiger partial charge in [-0.2, -0.15) is 13.2 Å². The summed E-state index contributed by atoms with van der Waals surface area (Å²) >= 11 is 5.88. The molecule has 0 spiro atoms. The molecule has 2 aromatic rings. The van der Waals surface area contributed by atoms with E-state index in [0.717, 1.165) is 0 Å². The largest absolute Gasteiger partial charge is 0.460 e. The van der Waals surface area contributed by atoms with Crippen molar-refractivity contribution in [2.24, 2.45) is 0 Å². The van der Waals surface area contributed by atoms with Crippen LogP contribution in [0, 0.1) is 0 Å². The summed E-state index contributed by atoms with van der Waals surface area (Å²) < 4.78 is 48.2. The maximum Gasteiger partial charge on any atom is 0.437 e. The van der Waals surface area contributed by atoms with Crippen molar-refractivity contribution in [3.63, 3.8) is 0 Å². The first-order valence-electron chi connectivity index (χ1n) is 5.84. The molecule has 1 aromatic heterocycles. The zero-order valence-electron chi connectivity index (χ0n) is 10.7. The molecule has 0 unspecified atom stereocenters. The van der Waals surface area contributed by atoms with Gasteiger partial charge in [0.1, 0.15) is 0 Å². The number of ether oxygens (including phenoxy) is 1. The fourth-order valence-corrected chi connectivity index (χ4v) is 1.81. The Morgan fingerprint density at radius 2 is 2.05 bits per heavy atom. The van der Waals surface area contributed by atoms with Crippen molar-refractivity contribution < 1.29 is 27.1 Å². The molecule has 112 valence electrons. The number of hydrogen-bond acceptors (Lipinski definition) is 4. The van der Waals surface area contributed by atoms with Crippen molar-refractivity contribution in [2.75, 3.05) is 6.61 Å². The molecular weight excluding hydrogens is 311 g/mol. The van der Waals surface area contributed by atoms with E-state index in [4.69, 9.17) is 16.0 Å². The van der Waals surface area contributed by atoms with Gasteiger partial charge in [-0.25, -0.2) is 9.78 Å². The number of alkyl halides is 3. The Morgan fingerprint density at radius 1 is 1.38 bits per heavy atom. The van der Waals surface area contributed by atoms with Crippen LogP contribution in [0.25, 0.3) is 11.5 Å². The Balaban J connectivity index is 2.56. The average Bonchev–Trinajstić information content (AvgIpc) is 2.84. The Bertz CT molecular complexity index is 667. The maximum absolute atomic E-state index is 12.9. The minimum Gasteiger partial charge on any atom is -0.460 e. The molecule has 0 saturated heterocycles. The van der Waals surface area contributed by atoms with Crippen molar-refractivity contribution in [3.8, 4) is 11.5 Å². The minimum atomic E-state index is -4.84. The van der Waals surface area contributed by atoms with E-state index in [2.05, 4.69) is 9.72 Å². The van der Waals surface area contributed by atoms with Crippen molar-refractivity contribution in [3.05, 3.63) is 40.7 Å². The standard InChI is InChI=1S/C13H9ClF3NO3/c1-2-20-12(19)9-10(13(15,16)17)18-11(21-9)7-5-3-4-6-8(7)14/h3-6H,2H2,1H3. The highest BCUT2D eigenvalue weighted by molar-refractivity contribution is 6.33. The topological polar surface area (TPSA) is 52.3 Å². The third-order valence-corrected chi connectivity index (χ3v) is 2.79. The van der Waals surface area contributed by atoms with Crippen LogP contribution in [0.2, 0.25) is 5.02 Å². The lowest BCUT2D eigenvalue weighted by Crippen LogP contribution is -2.14. The van der Waals surface area contributed by atoms with Gasteiger partial charge in [0.05, 0.1) is 17.2 Å². The summed E-state index contributed by atoms with van der Waals surface area (Å²) in [5, 5.41) is 0.155. The molecule has 1 aromatic carbocycles. The van der Waals surface area contributed by atoms with Gasteiger partial charge in [0.2, 0.25) is 11.7 Å².